The first-order valence-corrected chi connectivity index (χ1v) is 11.5. The zero-order valence-corrected chi connectivity index (χ0v) is 17.6. The fraction of sp³-hybridized carbons (Fsp3) is 0.474. The Morgan fingerprint density at radius 2 is 1.93 bits per heavy atom. The summed E-state index contributed by atoms with van der Waals surface area (Å²) in [5, 5.41) is 2.92. The molecule has 0 atom stereocenters. The number of carbonyl (C=O) groups excluding carboxylic acids is 1. The topological polar surface area (TPSA) is 85.8 Å². The number of esters is 1. The van der Waals surface area contributed by atoms with Gasteiger partial charge < -0.3 is 9.47 Å². The molecule has 0 bridgehead atoms. The van der Waals surface area contributed by atoms with Gasteiger partial charge in [-0.15, -0.1) is 11.3 Å². The minimum atomic E-state index is -3.57. The summed E-state index contributed by atoms with van der Waals surface area (Å²) in [4.78, 5) is 16.9. The van der Waals surface area contributed by atoms with Crippen LogP contribution < -0.4 is 4.74 Å². The SMILES string of the molecule is CCc1nc(COC(=O)C2CCN(S(=O)(=O)c3ccc(OC)cc3)CC2)cs1. The molecule has 1 aliphatic rings. The quantitative estimate of drug-likeness (QED) is 0.636. The summed E-state index contributed by atoms with van der Waals surface area (Å²) >= 11 is 1.56. The number of aryl methyl sites for hydroxylation is 1. The monoisotopic (exact) mass is 424 g/mol. The van der Waals surface area contributed by atoms with Crippen LogP contribution in [-0.4, -0.2) is 43.9 Å². The van der Waals surface area contributed by atoms with Crippen LogP contribution in [0, 0.1) is 5.92 Å². The lowest BCUT2D eigenvalue weighted by Gasteiger charge is -2.30. The second kappa shape index (κ2) is 9.02. The van der Waals surface area contributed by atoms with E-state index in [0.717, 1.165) is 17.1 Å². The normalized spacial score (nSPS) is 16.1. The van der Waals surface area contributed by atoms with Crippen molar-refractivity contribution in [3.05, 3.63) is 40.3 Å². The van der Waals surface area contributed by atoms with Crippen molar-refractivity contribution in [3.63, 3.8) is 0 Å². The third kappa shape index (κ3) is 4.71. The van der Waals surface area contributed by atoms with Crippen LogP contribution in [0.15, 0.2) is 34.5 Å². The molecule has 1 aliphatic heterocycles. The standard InChI is InChI=1S/C19H24N2O5S2/c1-3-18-20-15(13-27-18)12-26-19(22)14-8-10-21(11-9-14)28(23,24)17-6-4-16(25-2)5-7-17/h4-7,13-14H,3,8-12H2,1-2H3. The number of ether oxygens (including phenoxy) is 2. The van der Waals surface area contributed by atoms with Crippen LogP contribution in [0.2, 0.25) is 0 Å². The van der Waals surface area contributed by atoms with Crippen molar-refractivity contribution >= 4 is 27.3 Å². The predicted octanol–water partition coefficient (Wildman–Crippen LogP) is 2.86. The molecule has 1 aromatic carbocycles. The smallest absolute Gasteiger partial charge is 0.309 e. The third-order valence-electron chi connectivity index (χ3n) is 4.75. The number of nitrogens with zero attached hydrogens (tertiary/aromatic N) is 2. The minimum absolute atomic E-state index is 0.166. The van der Waals surface area contributed by atoms with Gasteiger partial charge in [-0.2, -0.15) is 4.31 Å². The van der Waals surface area contributed by atoms with Gasteiger partial charge in [0.1, 0.15) is 12.4 Å². The molecule has 9 heteroatoms. The molecule has 1 saturated heterocycles. The summed E-state index contributed by atoms with van der Waals surface area (Å²) < 4.78 is 37.4. The van der Waals surface area contributed by atoms with Crippen molar-refractivity contribution in [2.45, 2.75) is 37.7 Å². The first-order valence-electron chi connectivity index (χ1n) is 9.18. The van der Waals surface area contributed by atoms with E-state index in [0.29, 0.717) is 31.7 Å². The maximum Gasteiger partial charge on any atom is 0.309 e. The number of sulfonamides is 1. The van der Waals surface area contributed by atoms with Gasteiger partial charge in [0.05, 0.1) is 28.6 Å². The summed E-state index contributed by atoms with van der Waals surface area (Å²) in [5.74, 6) is 0.0331. The van der Waals surface area contributed by atoms with Crippen LogP contribution in [0.3, 0.4) is 0 Å². The van der Waals surface area contributed by atoms with E-state index < -0.39 is 10.0 Å². The van der Waals surface area contributed by atoms with Crippen LogP contribution in [0.25, 0.3) is 0 Å². The Morgan fingerprint density at radius 1 is 1.25 bits per heavy atom. The van der Waals surface area contributed by atoms with Gasteiger partial charge in [0, 0.05) is 18.5 Å². The van der Waals surface area contributed by atoms with E-state index in [9.17, 15) is 13.2 Å². The van der Waals surface area contributed by atoms with Gasteiger partial charge in [-0.05, 0) is 43.5 Å². The number of rotatable bonds is 7. The summed E-state index contributed by atoms with van der Waals surface area (Å²) in [5.41, 5.74) is 0.759. The van der Waals surface area contributed by atoms with Crippen LogP contribution >= 0.6 is 11.3 Å². The highest BCUT2D eigenvalue weighted by atomic mass is 32.2. The van der Waals surface area contributed by atoms with Crippen molar-refractivity contribution in [2.75, 3.05) is 20.2 Å². The van der Waals surface area contributed by atoms with Crippen LogP contribution in [-0.2, 0) is 32.6 Å². The fourth-order valence-electron chi connectivity index (χ4n) is 3.07. The Hall–Kier alpha value is -1.97. The Morgan fingerprint density at radius 3 is 2.50 bits per heavy atom. The number of aromatic nitrogens is 1. The van der Waals surface area contributed by atoms with Gasteiger partial charge >= 0.3 is 5.97 Å². The van der Waals surface area contributed by atoms with E-state index in [1.165, 1.54) is 23.5 Å². The molecular weight excluding hydrogens is 400 g/mol. The number of carbonyl (C=O) groups is 1. The third-order valence-corrected chi connectivity index (χ3v) is 7.70. The minimum Gasteiger partial charge on any atom is -0.497 e. The molecule has 152 valence electrons. The highest BCUT2D eigenvalue weighted by molar-refractivity contribution is 7.89. The van der Waals surface area contributed by atoms with Crippen molar-refractivity contribution < 1.29 is 22.7 Å². The predicted molar refractivity (Wildman–Crippen MR) is 106 cm³/mol. The Kier molecular flexibility index (Phi) is 6.69. The molecule has 0 amide bonds. The van der Waals surface area contributed by atoms with E-state index in [-0.39, 0.29) is 23.4 Å². The average molecular weight is 425 g/mol. The first-order chi connectivity index (χ1) is 13.4. The number of hydrogen-bond acceptors (Lipinski definition) is 7. The molecule has 0 N–H and O–H groups in total. The molecule has 0 spiro atoms. The molecule has 7 nitrogen and oxygen atoms in total. The molecule has 0 aliphatic carbocycles. The number of hydrogen-bond donors (Lipinski definition) is 0. The molecule has 2 heterocycles. The van der Waals surface area contributed by atoms with E-state index in [1.54, 1.807) is 23.5 Å². The molecule has 3 rings (SSSR count). The molecule has 0 saturated carbocycles. The van der Waals surface area contributed by atoms with Gasteiger partial charge in [0.15, 0.2) is 0 Å². The number of methoxy groups -OCH3 is 1. The Labute approximate surface area is 169 Å². The molecule has 1 fully saturated rings. The number of benzene rings is 1. The average Bonchev–Trinajstić information content (AvgIpc) is 3.20. The second-order valence-electron chi connectivity index (χ2n) is 6.55. The zero-order valence-electron chi connectivity index (χ0n) is 16.0. The lowest BCUT2D eigenvalue weighted by molar-refractivity contribution is -0.151. The zero-order chi connectivity index (χ0) is 20.1. The summed E-state index contributed by atoms with van der Waals surface area (Å²) in [6, 6.07) is 6.32. The highest BCUT2D eigenvalue weighted by Crippen LogP contribution is 2.26. The molecular formula is C19H24N2O5S2. The molecule has 2 aromatic rings. The van der Waals surface area contributed by atoms with E-state index in [2.05, 4.69) is 4.98 Å². The van der Waals surface area contributed by atoms with Crippen LogP contribution in [0.1, 0.15) is 30.5 Å². The summed E-state index contributed by atoms with van der Waals surface area (Å²) in [6.45, 7) is 2.79. The Balaban J connectivity index is 1.53. The number of thiazole rings is 1. The first kappa shape index (κ1) is 20.8. The van der Waals surface area contributed by atoms with Gasteiger partial charge in [-0.25, -0.2) is 13.4 Å². The van der Waals surface area contributed by atoms with Crippen LogP contribution in [0.5, 0.6) is 5.75 Å². The van der Waals surface area contributed by atoms with E-state index in [4.69, 9.17) is 9.47 Å². The maximum atomic E-state index is 12.8. The van der Waals surface area contributed by atoms with Gasteiger partial charge in [-0.3, -0.25) is 4.79 Å². The lowest BCUT2D eigenvalue weighted by Crippen LogP contribution is -2.40. The maximum absolute atomic E-state index is 12.8. The summed E-state index contributed by atoms with van der Waals surface area (Å²) in [7, 11) is -2.04. The molecule has 28 heavy (non-hydrogen) atoms. The van der Waals surface area contributed by atoms with Gasteiger partial charge in [0.2, 0.25) is 10.0 Å². The Bertz CT molecular complexity index is 901. The van der Waals surface area contributed by atoms with Gasteiger partial charge in [0.25, 0.3) is 0 Å². The number of piperidine rings is 1. The largest absolute Gasteiger partial charge is 0.497 e. The van der Waals surface area contributed by atoms with Crippen molar-refractivity contribution in [1.29, 1.82) is 0 Å². The second-order valence-corrected chi connectivity index (χ2v) is 9.43. The highest BCUT2D eigenvalue weighted by Gasteiger charge is 2.32. The van der Waals surface area contributed by atoms with Gasteiger partial charge in [-0.1, -0.05) is 6.92 Å². The van der Waals surface area contributed by atoms with Crippen molar-refractivity contribution in [2.24, 2.45) is 5.92 Å². The summed E-state index contributed by atoms with van der Waals surface area (Å²) in [6.07, 6.45) is 1.76. The fourth-order valence-corrected chi connectivity index (χ4v) is 5.27. The van der Waals surface area contributed by atoms with Crippen molar-refractivity contribution in [3.8, 4) is 5.75 Å². The molecule has 0 radical (unpaired) electrons. The van der Waals surface area contributed by atoms with Crippen molar-refractivity contribution in [1.82, 2.24) is 9.29 Å². The lowest BCUT2D eigenvalue weighted by atomic mass is 9.98. The van der Waals surface area contributed by atoms with E-state index >= 15 is 0 Å². The molecule has 0 unspecified atom stereocenters. The molecule has 1 aromatic heterocycles. The van der Waals surface area contributed by atoms with E-state index in [1.807, 2.05) is 12.3 Å². The van der Waals surface area contributed by atoms with Crippen LogP contribution in [0.4, 0.5) is 0 Å².